The van der Waals surface area contributed by atoms with E-state index in [1.165, 1.54) is 0 Å². The maximum atomic E-state index is 12.9. The van der Waals surface area contributed by atoms with Crippen LogP contribution in [0, 0.1) is 0 Å². The predicted molar refractivity (Wildman–Crippen MR) is 53.0 cm³/mol. The molecule has 10 heteroatoms. The first-order chi connectivity index (χ1) is 8.07. The van der Waals surface area contributed by atoms with Crippen LogP contribution in [0.3, 0.4) is 0 Å². The zero-order chi connectivity index (χ0) is 14.1. The van der Waals surface area contributed by atoms with Crippen molar-refractivity contribution in [2.75, 3.05) is 6.54 Å². The lowest BCUT2D eigenvalue weighted by Crippen LogP contribution is -2.44. The van der Waals surface area contributed by atoms with Crippen LogP contribution in [0.5, 0.6) is 0 Å². The van der Waals surface area contributed by atoms with Crippen LogP contribution in [0.25, 0.3) is 0 Å². The van der Waals surface area contributed by atoms with Crippen LogP contribution in [-0.4, -0.2) is 47.8 Å². The fourth-order valence-corrected chi connectivity index (χ4v) is 1.70. The molecule has 1 saturated heterocycles. The Morgan fingerprint density at radius 3 is 2.50 bits per heavy atom. The van der Waals surface area contributed by atoms with Gasteiger partial charge in [-0.1, -0.05) is 0 Å². The van der Waals surface area contributed by atoms with Gasteiger partial charge < -0.3 is 9.64 Å². The number of rotatable bonds is 4. The highest BCUT2D eigenvalue weighted by molar-refractivity contribution is 7.87. The smallest absolute Gasteiger partial charge is 0.436 e. The van der Waals surface area contributed by atoms with Crippen molar-refractivity contribution in [3.8, 4) is 0 Å². The van der Waals surface area contributed by atoms with E-state index in [1.807, 2.05) is 0 Å². The van der Waals surface area contributed by atoms with E-state index >= 15 is 0 Å². The van der Waals surface area contributed by atoms with E-state index in [-0.39, 0.29) is 18.9 Å². The molecule has 7 nitrogen and oxygen atoms in total. The highest BCUT2D eigenvalue weighted by Gasteiger charge is 2.55. The summed E-state index contributed by atoms with van der Waals surface area (Å²) in [7, 11) is -5.90. The molecule has 0 bridgehead atoms. The van der Waals surface area contributed by atoms with Gasteiger partial charge in [-0.3, -0.25) is 9.35 Å². The van der Waals surface area contributed by atoms with E-state index < -0.39 is 27.6 Å². The molecule has 1 unspecified atom stereocenters. The molecule has 0 radical (unpaired) electrons. The fourth-order valence-electron chi connectivity index (χ4n) is 1.45. The predicted octanol–water partition coefficient (Wildman–Crippen LogP) is -0.0214. The van der Waals surface area contributed by atoms with Crippen LogP contribution in [0.1, 0.15) is 19.8 Å². The summed E-state index contributed by atoms with van der Waals surface area (Å²) >= 11 is 0. The molecular weight excluding hydrogens is 276 g/mol. The van der Waals surface area contributed by atoms with Crippen LogP contribution in [0.2, 0.25) is 0 Å². The van der Waals surface area contributed by atoms with Crippen LogP contribution in [-0.2, 0) is 24.4 Å². The number of amides is 1. The third-order valence-corrected chi connectivity index (χ3v) is 3.20. The zero-order valence-electron chi connectivity index (χ0n) is 9.30. The molecule has 1 N–H and O–H groups in total. The molecule has 0 aromatic rings. The summed E-state index contributed by atoms with van der Waals surface area (Å²) in [5, 5.41) is -5.05. The Balaban J connectivity index is 2.74. The number of hydrogen-bond acceptors (Lipinski definition) is 5. The number of halogens is 2. The topological polar surface area (TPSA) is 101 Å². The van der Waals surface area contributed by atoms with Crippen LogP contribution >= 0.6 is 0 Å². The van der Waals surface area contributed by atoms with E-state index in [4.69, 9.17) is 4.55 Å². The summed E-state index contributed by atoms with van der Waals surface area (Å²) in [5.74, 6) is -2.80. The molecule has 1 atom stereocenters. The van der Waals surface area contributed by atoms with Crippen molar-refractivity contribution in [1.82, 2.24) is 4.90 Å². The summed E-state index contributed by atoms with van der Waals surface area (Å²) in [6, 6.07) is 0. The number of likely N-dealkylation sites (tertiary alicyclic amines) is 1. The molecule has 1 heterocycles. The standard InChI is InChI=1S/C8H11F2NO6S/c1-5(11-4-2-3-6(11)12)17-7(13)8(9,10)18(14,15)16/h5H,2-4H2,1H3,(H,14,15,16). The van der Waals surface area contributed by atoms with Crippen molar-refractivity contribution in [3.63, 3.8) is 0 Å². The number of alkyl halides is 2. The summed E-state index contributed by atoms with van der Waals surface area (Å²) in [6.07, 6.45) is -0.619. The average molecular weight is 287 g/mol. The number of ether oxygens (including phenoxy) is 1. The minimum atomic E-state index is -5.90. The van der Waals surface area contributed by atoms with Gasteiger partial charge in [-0.2, -0.15) is 17.2 Å². The van der Waals surface area contributed by atoms with E-state index in [0.29, 0.717) is 6.42 Å². The normalized spacial score (nSPS) is 18.9. The molecular formula is C8H11F2NO6S. The van der Waals surface area contributed by atoms with Crippen LogP contribution in [0.15, 0.2) is 0 Å². The third kappa shape index (κ3) is 2.75. The first-order valence-corrected chi connectivity index (χ1v) is 6.37. The van der Waals surface area contributed by atoms with Gasteiger partial charge in [-0.25, -0.2) is 4.79 Å². The van der Waals surface area contributed by atoms with E-state index in [0.717, 1.165) is 11.8 Å². The quantitative estimate of drug-likeness (QED) is 0.576. The molecule has 0 aromatic heterocycles. The first kappa shape index (κ1) is 14.8. The Kier molecular flexibility index (Phi) is 3.91. The Hall–Kier alpha value is -1.29. The lowest BCUT2D eigenvalue weighted by Gasteiger charge is -2.25. The molecule has 1 aliphatic heterocycles. The third-order valence-electron chi connectivity index (χ3n) is 2.39. The minimum Gasteiger partial charge on any atom is -0.436 e. The lowest BCUT2D eigenvalue weighted by atomic mass is 10.4. The zero-order valence-corrected chi connectivity index (χ0v) is 10.1. The Labute approximate surface area is 101 Å². The SMILES string of the molecule is CC(OC(=O)C(F)(F)S(=O)(=O)O)N1CCCC1=O. The number of nitrogens with zero attached hydrogens (tertiary/aromatic N) is 1. The van der Waals surface area contributed by atoms with Gasteiger partial charge in [0.1, 0.15) is 0 Å². The van der Waals surface area contributed by atoms with Crippen molar-refractivity contribution in [2.24, 2.45) is 0 Å². The van der Waals surface area contributed by atoms with E-state index in [1.54, 1.807) is 0 Å². The van der Waals surface area contributed by atoms with Crippen LogP contribution in [0.4, 0.5) is 8.78 Å². The van der Waals surface area contributed by atoms with Gasteiger partial charge in [-0.05, 0) is 13.3 Å². The average Bonchev–Trinajstić information content (AvgIpc) is 2.62. The molecule has 1 amide bonds. The van der Waals surface area contributed by atoms with Gasteiger partial charge in [0.15, 0.2) is 6.23 Å². The van der Waals surface area contributed by atoms with Gasteiger partial charge in [0, 0.05) is 13.0 Å². The van der Waals surface area contributed by atoms with Gasteiger partial charge in [0.05, 0.1) is 0 Å². The number of hydrogen-bond donors (Lipinski definition) is 1. The van der Waals surface area contributed by atoms with Gasteiger partial charge in [0.25, 0.3) is 0 Å². The summed E-state index contributed by atoms with van der Waals surface area (Å²) in [4.78, 5) is 23.2. The Bertz CT molecular complexity index is 462. The number of carbonyl (C=O) groups is 2. The molecule has 0 aromatic carbocycles. The molecule has 104 valence electrons. The summed E-state index contributed by atoms with van der Waals surface area (Å²) in [6.45, 7) is 1.38. The summed E-state index contributed by atoms with van der Waals surface area (Å²) in [5.41, 5.74) is 0. The van der Waals surface area contributed by atoms with E-state index in [2.05, 4.69) is 4.74 Å². The van der Waals surface area contributed by atoms with Crippen molar-refractivity contribution in [2.45, 2.75) is 31.2 Å². The fraction of sp³-hybridized carbons (Fsp3) is 0.750. The largest absolute Gasteiger partial charge is 0.465 e. The number of esters is 1. The molecule has 18 heavy (non-hydrogen) atoms. The highest BCUT2D eigenvalue weighted by atomic mass is 32.2. The maximum Gasteiger partial charge on any atom is 0.465 e. The molecule has 1 rings (SSSR count). The molecule has 0 saturated carbocycles. The summed E-state index contributed by atoms with van der Waals surface area (Å²) < 4.78 is 58.6. The second kappa shape index (κ2) is 4.76. The van der Waals surface area contributed by atoms with Crippen molar-refractivity contribution >= 4 is 22.0 Å². The van der Waals surface area contributed by atoms with Crippen molar-refractivity contribution in [1.29, 1.82) is 0 Å². The monoisotopic (exact) mass is 287 g/mol. The first-order valence-electron chi connectivity index (χ1n) is 4.93. The molecule has 1 fully saturated rings. The molecule has 0 aliphatic carbocycles. The second-order valence-corrected chi connectivity index (χ2v) is 5.15. The van der Waals surface area contributed by atoms with Gasteiger partial charge in [-0.15, -0.1) is 0 Å². The lowest BCUT2D eigenvalue weighted by molar-refractivity contribution is -0.176. The Morgan fingerprint density at radius 2 is 2.11 bits per heavy atom. The van der Waals surface area contributed by atoms with Gasteiger partial charge >= 0.3 is 21.3 Å². The maximum absolute atomic E-state index is 12.9. The van der Waals surface area contributed by atoms with Crippen LogP contribution < -0.4 is 0 Å². The van der Waals surface area contributed by atoms with Crippen molar-refractivity contribution < 1.29 is 36.1 Å². The molecule has 0 spiro atoms. The highest BCUT2D eigenvalue weighted by Crippen LogP contribution is 2.24. The number of carbonyl (C=O) groups excluding carboxylic acids is 2. The molecule has 1 aliphatic rings. The second-order valence-electron chi connectivity index (χ2n) is 3.69. The minimum absolute atomic E-state index is 0.205. The van der Waals surface area contributed by atoms with E-state index in [9.17, 15) is 26.8 Å². The van der Waals surface area contributed by atoms with Crippen molar-refractivity contribution in [3.05, 3.63) is 0 Å². The van der Waals surface area contributed by atoms with Gasteiger partial charge in [0.2, 0.25) is 5.91 Å². The Morgan fingerprint density at radius 1 is 1.56 bits per heavy atom.